The Hall–Kier alpha value is -3.74. The lowest BCUT2D eigenvalue weighted by Crippen LogP contribution is -2.05. The maximum absolute atomic E-state index is 16.1. The van der Waals surface area contributed by atoms with Gasteiger partial charge in [-0.15, -0.1) is 0 Å². The number of nitrogens with one attached hydrogen (secondary N) is 1. The number of aromatic amines is 1. The fourth-order valence-corrected chi connectivity index (χ4v) is 4.15. The highest BCUT2D eigenvalue weighted by Crippen LogP contribution is 2.45. The molecule has 8 heteroatoms. The Morgan fingerprint density at radius 3 is 2.06 bits per heavy atom. The first-order valence-corrected chi connectivity index (χ1v) is 11.9. The van der Waals surface area contributed by atoms with Crippen LogP contribution in [0.25, 0.3) is 22.4 Å². The largest absolute Gasteiger partial charge is 0.493 e. The lowest BCUT2D eigenvalue weighted by molar-refractivity contribution is 0.235. The SMILES string of the molecule is COc1cc(-c2nc3c(Cl)c(Cl)ccc3[nH]2)c(F)c(OCc2ccccc2)c1OCc1ccccc1. The van der Waals surface area contributed by atoms with Crippen LogP contribution in [0.5, 0.6) is 17.2 Å². The minimum absolute atomic E-state index is 0.0753. The van der Waals surface area contributed by atoms with Gasteiger partial charge in [-0.05, 0) is 29.3 Å². The van der Waals surface area contributed by atoms with Gasteiger partial charge in [0.15, 0.2) is 11.6 Å². The van der Waals surface area contributed by atoms with Crippen LogP contribution in [-0.4, -0.2) is 17.1 Å². The van der Waals surface area contributed by atoms with Gasteiger partial charge in [-0.3, -0.25) is 0 Å². The summed E-state index contributed by atoms with van der Waals surface area (Å²) < 4.78 is 33.7. The molecule has 0 radical (unpaired) electrons. The zero-order valence-electron chi connectivity index (χ0n) is 19.2. The van der Waals surface area contributed by atoms with E-state index in [1.54, 1.807) is 12.1 Å². The second-order valence-corrected chi connectivity index (χ2v) is 8.78. The van der Waals surface area contributed by atoms with Crippen LogP contribution in [0, 0.1) is 5.82 Å². The van der Waals surface area contributed by atoms with Crippen molar-refractivity contribution in [3.05, 3.63) is 106 Å². The van der Waals surface area contributed by atoms with Gasteiger partial charge in [-0.25, -0.2) is 9.37 Å². The summed E-state index contributed by atoms with van der Waals surface area (Å²) >= 11 is 12.5. The van der Waals surface area contributed by atoms with E-state index < -0.39 is 5.82 Å². The average Bonchev–Trinajstić information content (AvgIpc) is 3.35. The van der Waals surface area contributed by atoms with E-state index in [1.165, 1.54) is 13.2 Å². The number of aromatic nitrogens is 2. The molecule has 1 N–H and O–H groups in total. The van der Waals surface area contributed by atoms with Crippen LogP contribution in [0.15, 0.2) is 78.9 Å². The number of ether oxygens (including phenoxy) is 3. The van der Waals surface area contributed by atoms with E-state index >= 15 is 4.39 Å². The molecule has 0 aliphatic rings. The molecule has 1 heterocycles. The first-order chi connectivity index (χ1) is 17.5. The highest BCUT2D eigenvalue weighted by Gasteiger charge is 2.25. The van der Waals surface area contributed by atoms with Gasteiger partial charge < -0.3 is 19.2 Å². The van der Waals surface area contributed by atoms with E-state index in [0.29, 0.717) is 21.8 Å². The summed E-state index contributed by atoms with van der Waals surface area (Å²) in [6.07, 6.45) is 0. The molecule has 5 nitrogen and oxygen atoms in total. The molecule has 0 saturated carbocycles. The zero-order chi connectivity index (χ0) is 25.1. The number of halogens is 3. The normalized spacial score (nSPS) is 11.0. The van der Waals surface area contributed by atoms with Gasteiger partial charge in [0.05, 0.1) is 28.2 Å². The Balaban J connectivity index is 1.60. The summed E-state index contributed by atoms with van der Waals surface area (Å²) in [6, 6.07) is 24.0. The molecule has 5 aromatic rings. The third kappa shape index (κ3) is 4.83. The Labute approximate surface area is 217 Å². The fraction of sp³-hybridized carbons (Fsp3) is 0.107. The molecule has 0 saturated heterocycles. The van der Waals surface area contributed by atoms with Gasteiger partial charge >= 0.3 is 0 Å². The molecule has 5 rings (SSSR count). The molecule has 0 atom stereocenters. The van der Waals surface area contributed by atoms with Crippen LogP contribution < -0.4 is 14.2 Å². The van der Waals surface area contributed by atoms with Crippen LogP contribution in [0.3, 0.4) is 0 Å². The van der Waals surface area contributed by atoms with E-state index in [4.69, 9.17) is 37.4 Å². The molecule has 0 aliphatic heterocycles. The Bertz CT molecular complexity index is 1510. The molecule has 0 fully saturated rings. The van der Waals surface area contributed by atoms with Crippen LogP contribution in [0.1, 0.15) is 11.1 Å². The number of fused-ring (bicyclic) bond motifs is 1. The third-order valence-corrected chi connectivity index (χ3v) is 6.41. The maximum atomic E-state index is 16.1. The van der Waals surface area contributed by atoms with Crippen LogP contribution in [-0.2, 0) is 13.2 Å². The molecular formula is C28H21Cl2FN2O3. The van der Waals surface area contributed by atoms with Gasteiger partial charge in [-0.1, -0.05) is 83.9 Å². The number of imidazole rings is 1. The summed E-state index contributed by atoms with van der Waals surface area (Å²) in [5.74, 6) is -0.000347. The Kier molecular flexibility index (Phi) is 6.98. The lowest BCUT2D eigenvalue weighted by atomic mass is 10.1. The van der Waals surface area contributed by atoms with Crippen molar-refractivity contribution in [1.29, 1.82) is 0 Å². The average molecular weight is 523 g/mol. The van der Waals surface area contributed by atoms with Crippen molar-refractivity contribution in [3.63, 3.8) is 0 Å². The van der Waals surface area contributed by atoms with Crippen molar-refractivity contribution in [1.82, 2.24) is 9.97 Å². The van der Waals surface area contributed by atoms with Crippen molar-refractivity contribution in [3.8, 4) is 28.6 Å². The zero-order valence-corrected chi connectivity index (χ0v) is 20.7. The number of hydrogen-bond acceptors (Lipinski definition) is 4. The molecule has 0 unspecified atom stereocenters. The summed E-state index contributed by atoms with van der Waals surface area (Å²) in [4.78, 5) is 7.60. The quantitative estimate of drug-likeness (QED) is 0.225. The van der Waals surface area contributed by atoms with Crippen molar-refractivity contribution in [2.24, 2.45) is 0 Å². The van der Waals surface area contributed by atoms with Gasteiger partial charge in [-0.2, -0.15) is 0 Å². The summed E-state index contributed by atoms with van der Waals surface area (Å²) in [6.45, 7) is 0.337. The lowest BCUT2D eigenvalue weighted by Gasteiger charge is -2.18. The topological polar surface area (TPSA) is 56.4 Å². The maximum Gasteiger partial charge on any atom is 0.207 e. The predicted molar refractivity (Wildman–Crippen MR) is 140 cm³/mol. The van der Waals surface area contributed by atoms with Crippen molar-refractivity contribution in [2.75, 3.05) is 7.11 Å². The fourth-order valence-electron chi connectivity index (χ4n) is 3.79. The van der Waals surface area contributed by atoms with Crippen LogP contribution in [0.2, 0.25) is 10.0 Å². The smallest absolute Gasteiger partial charge is 0.207 e. The first kappa shape index (κ1) is 24.0. The molecule has 0 aliphatic carbocycles. The highest BCUT2D eigenvalue weighted by atomic mass is 35.5. The summed E-state index contributed by atoms with van der Waals surface area (Å²) in [7, 11) is 1.49. The Morgan fingerprint density at radius 1 is 0.833 bits per heavy atom. The van der Waals surface area contributed by atoms with E-state index in [9.17, 15) is 0 Å². The van der Waals surface area contributed by atoms with Gasteiger partial charge in [0.2, 0.25) is 11.5 Å². The molecule has 0 spiro atoms. The van der Waals surface area contributed by atoms with Crippen LogP contribution >= 0.6 is 23.2 Å². The standard InChI is InChI=1S/C28H21Cl2FN2O3/c1-34-22-14-19(28-32-21-13-12-20(29)23(30)25(21)33-28)24(31)27(36-16-18-10-6-3-7-11-18)26(22)35-15-17-8-4-2-5-9-17/h2-14H,15-16H2,1H3,(H,32,33). The monoisotopic (exact) mass is 522 g/mol. The van der Waals surface area contributed by atoms with Crippen LogP contribution in [0.4, 0.5) is 4.39 Å². The van der Waals surface area contributed by atoms with Gasteiger partial charge in [0, 0.05) is 0 Å². The molecule has 0 bridgehead atoms. The number of benzene rings is 4. The summed E-state index contributed by atoms with van der Waals surface area (Å²) in [5, 5.41) is 0.643. The van der Waals surface area contributed by atoms with E-state index in [1.807, 2.05) is 60.7 Å². The summed E-state index contributed by atoms with van der Waals surface area (Å²) in [5.41, 5.74) is 3.00. The number of methoxy groups -OCH3 is 1. The second kappa shape index (κ2) is 10.5. The number of rotatable bonds is 8. The number of hydrogen-bond donors (Lipinski definition) is 1. The first-order valence-electron chi connectivity index (χ1n) is 11.1. The molecule has 36 heavy (non-hydrogen) atoms. The molecule has 0 amide bonds. The van der Waals surface area contributed by atoms with E-state index in [2.05, 4.69) is 9.97 Å². The van der Waals surface area contributed by atoms with Gasteiger partial charge in [0.1, 0.15) is 24.6 Å². The molecule has 4 aromatic carbocycles. The highest BCUT2D eigenvalue weighted by molar-refractivity contribution is 6.44. The van der Waals surface area contributed by atoms with Gasteiger partial charge in [0.25, 0.3) is 0 Å². The number of H-pyrrole nitrogens is 1. The van der Waals surface area contributed by atoms with E-state index in [0.717, 1.165) is 11.1 Å². The Morgan fingerprint density at radius 2 is 1.44 bits per heavy atom. The molecule has 182 valence electrons. The molecular weight excluding hydrogens is 502 g/mol. The minimum Gasteiger partial charge on any atom is -0.493 e. The third-order valence-electron chi connectivity index (χ3n) is 5.61. The minimum atomic E-state index is -0.643. The van der Waals surface area contributed by atoms with Crippen molar-refractivity contribution >= 4 is 34.2 Å². The van der Waals surface area contributed by atoms with Crippen molar-refractivity contribution in [2.45, 2.75) is 13.2 Å². The van der Waals surface area contributed by atoms with Crippen molar-refractivity contribution < 1.29 is 18.6 Å². The predicted octanol–water partition coefficient (Wildman–Crippen LogP) is 7.84. The second-order valence-electron chi connectivity index (χ2n) is 7.99. The molecule has 1 aromatic heterocycles. The van der Waals surface area contributed by atoms with E-state index in [-0.39, 0.29) is 41.1 Å². The number of nitrogens with zero attached hydrogens (tertiary/aromatic N) is 1.